The van der Waals surface area contributed by atoms with Gasteiger partial charge < -0.3 is 15.5 Å². The van der Waals surface area contributed by atoms with Crippen molar-refractivity contribution in [2.24, 2.45) is 0 Å². The Morgan fingerprint density at radius 2 is 1.91 bits per heavy atom. The van der Waals surface area contributed by atoms with E-state index in [-0.39, 0.29) is 12.4 Å². The summed E-state index contributed by atoms with van der Waals surface area (Å²) in [6.45, 7) is 2.11. The van der Waals surface area contributed by atoms with Crippen molar-refractivity contribution in [2.45, 2.75) is 37.8 Å². The second kappa shape index (κ2) is 6.89. The monoisotopic (exact) mass is 333 g/mol. The molecule has 1 unspecified atom stereocenters. The minimum absolute atomic E-state index is 0. The molecule has 1 saturated carbocycles. The Morgan fingerprint density at radius 1 is 1.17 bits per heavy atom. The molecule has 1 aliphatic heterocycles. The van der Waals surface area contributed by atoms with Crippen LogP contribution in [0.3, 0.4) is 0 Å². The summed E-state index contributed by atoms with van der Waals surface area (Å²) in [7, 11) is 2.12. The maximum Gasteiger partial charge on any atom is 0.172 e. The van der Waals surface area contributed by atoms with E-state index in [1.165, 1.54) is 25.7 Å². The Morgan fingerprint density at radius 3 is 2.57 bits per heavy atom. The molecule has 124 valence electrons. The van der Waals surface area contributed by atoms with Gasteiger partial charge in [0.25, 0.3) is 0 Å². The Balaban J connectivity index is 0.00000156. The van der Waals surface area contributed by atoms with Crippen LogP contribution in [0.4, 0.5) is 11.6 Å². The lowest BCUT2D eigenvalue weighted by atomic mass is 10.2. The Bertz CT molecular complexity index is 667. The van der Waals surface area contributed by atoms with E-state index >= 15 is 0 Å². The van der Waals surface area contributed by atoms with Gasteiger partial charge in [-0.1, -0.05) is 12.1 Å². The van der Waals surface area contributed by atoms with Crippen molar-refractivity contribution < 1.29 is 0 Å². The van der Waals surface area contributed by atoms with Crippen LogP contribution in [0.2, 0.25) is 0 Å². The number of likely N-dealkylation sites (N-methyl/N-ethyl adjacent to an activating group) is 1. The third-order valence-electron chi connectivity index (χ3n) is 4.49. The van der Waals surface area contributed by atoms with E-state index in [2.05, 4.69) is 22.6 Å². The maximum absolute atomic E-state index is 4.87. The second-order valence-corrected chi connectivity index (χ2v) is 6.48. The van der Waals surface area contributed by atoms with E-state index in [4.69, 9.17) is 9.97 Å². The van der Waals surface area contributed by atoms with Gasteiger partial charge in [-0.25, -0.2) is 9.97 Å². The third kappa shape index (κ3) is 3.67. The van der Waals surface area contributed by atoms with E-state index in [0.29, 0.717) is 12.1 Å². The van der Waals surface area contributed by atoms with Crippen molar-refractivity contribution in [3.05, 3.63) is 24.3 Å². The van der Waals surface area contributed by atoms with Crippen molar-refractivity contribution in [3.63, 3.8) is 0 Å². The number of para-hydroxylation sites is 2. The number of nitrogens with one attached hydrogen (secondary N) is 2. The summed E-state index contributed by atoms with van der Waals surface area (Å²) in [4.78, 5) is 11.9. The van der Waals surface area contributed by atoms with Crippen LogP contribution in [0.25, 0.3) is 11.0 Å². The highest BCUT2D eigenvalue weighted by atomic mass is 35.5. The predicted octanol–water partition coefficient (Wildman–Crippen LogP) is 2.81. The summed E-state index contributed by atoms with van der Waals surface area (Å²) < 4.78 is 0. The van der Waals surface area contributed by atoms with Gasteiger partial charge in [0.15, 0.2) is 11.6 Å². The normalized spacial score (nSPS) is 20.3. The first-order chi connectivity index (χ1) is 10.8. The zero-order valence-electron chi connectivity index (χ0n) is 13.5. The van der Waals surface area contributed by atoms with Crippen LogP contribution in [-0.4, -0.2) is 42.2 Å². The minimum atomic E-state index is 0. The lowest BCUT2D eigenvalue weighted by Gasteiger charge is -2.24. The van der Waals surface area contributed by atoms with Crippen molar-refractivity contribution in [1.29, 1.82) is 0 Å². The van der Waals surface area contributed by atoms with Crippen molar-refractivity contribution >= 4 is 35.1 Å². The molecule has 1 saturated heterocycles. The first-order valence-electron chi connectivity index (χ1n) is 8.27. The van der Waals surface area contributed by atoms with Gasteiger partial charge in [-0.15, -0.1) is 12.4 Å². The first kappa shape index (κ1) is 16.3. The minimum Gasteiger partial charge on any atom is -0.364 e. The summed E-state index contributed by atoms with van der Waals surface area (Å²) >= 11 is 0. The van der Waals surface area contributed by atoms with Gasteiger partial charge in [0, 0.05) is 25.7 Å². The number of fused-ring (bicyclic) bond motifs is 1. The number of halogens is 1. The molecule has 0 bridgehead atoms. The van der Waals surface area contributed by atoms with Crippen LogP contribution in [0, 0.1) is 0 Å². The van der Waals surface area contributed by atoms with Crippen LogP contribution < -0.4 is 15.5 Å². The van der Waals surface area contributed by atoms with Gasteiger partial charge in [-0.3, -0.25) is 0 Å². The lowest BCUT2D eigenvalue weighted by molar-refractivity contribution is 0.597. The van der Waals surface area contributed by atoms with Crippen molar-refractivity contribution in [1.82, 2.24) is 15.3 Å². The molecule has 1 aromatic carbocycles. The smallest absolute Gasteiger partial charge is 0.172 e. The standard InChI is InChI=1S/C17H23N5.ClH/c1-22(11-13-5-4-10-18-13)17-16(19-12-8-9-12)20-14-6-2-3-7-15(14)21-17;/h2-3,6-7,12-13,18H,4-5,8-11H2,1H3,(H,19,20);1H. The number of nitrogens with zero attached hydrogens (tertiary/aromatic N) is 3. The van der Waals surface area contributed by atoms with Crippen LogP contribution in [0.1, 0.15) is 25.7 Å². The largest absolute Gasteiger partial charge is 0.364 e. The van der Waals surface area contributed by atoms with Crippen molar-refractivity contribution in [2.75, 3.05) is 30.4 Å². The SMILES string of the molecule is CN(CC1CCCN1)c1nc2ccccc2nc1NC1CC1.Cl. The van der Waals surface area contributed by atoms with Gasteiger partial charge in [-0.05, 0) is 44.4 Å². The molecule has 2 fully saturated rings. The highest BCUT2D eigenvalue weighted by Crippen LogP contribution is 2.30. The van der Waals surface area contributed by atoms with Crippen LogP contribution in [0.5, 0.6) is 0 Å². The fraction of sp³-hybridized carbons (Fsp3) is 0.529. The number of anilines is 2. The third-order valence-corrected chi connectivity index (χ3v) is 4.49. The maximum atomic E-state index is 4.87. The average Bonchev–Trinajstić information content (AvgIpc) is 3.20. The van der Waals surface area contributed by atoms with Gasteiger partial charge in [0.05, 0.1) is 11.0 Å². The Hall–Kier alpha value is -1.59. The molecule has 0 spiro atoms. The second-order valence-electron chi connectivity index (χ2n) is 6.48. The fourth-order valence-electron chi connectivity index (χ4n) is 3.10. The average molecular weight is 334 g/mol. The summed E-state index contributed by atoms with van der Waals surface area (Å²) in [6.07, 6.45) is 5.00. The molecule has 4 rings (SSSR count). The molecular formula is C17H24ClN5. The molecule has 6 heteroatoms. The molecular weight excluding hydrogens is 310 g/mol. The van der Waals surface area contributed by atoms with Gasteiger partial charge in [0.2, 0.25) is 0 Å². The van der Waals surface area contributed by atoms with Crippen LogP contribution in [0.15, 0.2) is 24.3 Å². The fourth-order valence-corrected chi connectivity index (χ4v) is 3.10. The molecule has 5 nitrogen and oxygen atoms in total. The number of hydrogen-bond acceptors (Lipinski definition) is 5. The van der Waals surface area contributed by atoms with Gasteiger partial charge in [0.1, 0.15) is 0 Å². The Kier molecular flexibility index (Phi) is 4.87. The van der Waals surface area contributed by atoms with Gasteiger partial charge >= 0.3 is 0 Å². The molecule has 1 aliphatic carbocycles. The summed E-state index contributed by atoms with van der Waals surface area (Å²) in [6, 6.07) is 9.24. The number of hydrogen-bond donors (Lipinski definition) is 2. The molecule has 2 aromatic rings. The molecule has 23 heavy (non-hydrogen) atoms. The van der Waals surface area contributed by atoms with E-state index in [9.17, 15) is 0 Å². The summed E-state index contributed by atoms with van der Waals surface area (Å²) in [5, 5.41) is 7.10. The van der Waals surface area contributed by atoms with E-state index < -0.39 is 0 Å². The zero-order chi connectivity index (χ0) is 14.9. The molecule has 1 aromatic heterocycles. The van der Waals surface area contributed by atoms with E-state index in [1.807, 2.05) is 24.3 Å². The molecule has 0 amide bonds. The molecule has 1 atom stereocenters. The Labute approximate surface area is 143 Å². The predicted molar refractivity (Wildman–Crippen MR) is 97.7 cm³/mol. The molecule has 0 radical (unpaired) electrons. The van der Waals surface area contributed by atoms with E-state index in [1.54, 1.807) is 0 Å². The quantitative estimate of drug-likeness (QED) is 0.881. The van der Waals surface area contributed by atoms with Crippen LogP contribution in [-0.2, 0) is 0 Å². The van der Waals surface area contributed by atoms with Gasteiger partial charge in [-0.2, -0.15) is 0 Å². The number of rotatable bonds is 5. The lowest BCUT2D eigenvalue weighted by Crippen LogP contribution is -2.36. The first-order valence-corrected chi connectivity index (χ1v) is 8.27. The molecule has 2 aliphatic rings. The topological polar surface area (TPSA) is 53.1 Å². The summed E-state index contributed by atoms with van der Waals surface area (Å²) in [5.41, 5.74) is 1.92. The molecule has 2 heterocycles. The van der Waals surface area contributed by atoms with Crippen LogP contribution >= 0.6 is 12.4 Å². The zero-order valence-corrected chi connectivity index (χ0v) is 14.3. The molecule has 2 N–H and O–H groups in total. The number of aromatic nitrogens is 2. The van der Waals surface area contributed by atoms with E-state index in [0.717, 1.165) is 35.8 Å². The highest BCUT2D eigenvalue weighted by Gasteiger charge is 2.25. The van der Waals surface area contributed by atoms with Crippen molar-refractivity contribution in [3.8, 4) is 0 Å². The highest BCUT2D eigenvalue weighted by molar-refractivity contribution is 5.85. The number of benzene rings is 1. The summed E-state index contributed by atoms with van der Waals surface area (Å²) in [5.74, 6) is 1.90.